The highest BCUT2D eigenvalue weighted by Gasteiger charge is 2.30. The molecule has 3 N–H and O–H groups in total. The fraction of sp³-hybridized carbons (Fsp3) is 0.877. The van der Waals surface area contributed by atoms with Crippen molar-refractivity contribution in [2.75, 3.05) is 39.6 Å². The van der Waals surface area contributed by atoms with Crippen LogP contribution in [0.3, 0.4) is 0 Å². The van der Waals surface area contributed by atoms with E-state index in [0.717, 1.165) is 116 Å². The quantitative estimate of drug-likeness (QED) is 0.0169. The minimum Gasteiger partial charge on any atom is -0.462 e. The van der Waals surface area contributed by atoms with Crippen molar-refractivity contribution in [1.82, 2.24) is 0 Å². The number of esters is 4. The first-order valence-corrected chi connectivity index (χ1v) is 36.2. The summed E-state index contributed by atoms with van der Waals surface area (Å²) in [5.41, 5.74) is 0. The molecule has 84 heavy (non-hydrogen) atoms. The van der Waals surface area contributed by atoms with E-state index in [1.807, 2.05) is 0 Å². The van der Waals surface area contributed by atoms with Crippen LogP contribution in [-0.4, -0.2) is 96.7 Å². The zero-order valence-electron chi connectivity index (χ0n) is 53.8. The molecule has 0 aromatic heterocycles. The molecule has 19 heteroatoms. The van der Waals surface area contributed by atoms with E-state index in [-0.39, 0.29) is 25.7 Å². The molecule has 17 nitrogen and oxygen atoms in total. The van der Waals surface area contributed by atoms with Crippen LogP contribution < -0.4 is 0 Å². The molecule has 0 spiro atoms. The molecule has 494 valence electrons. The third-order valence-corrected chi connectivity index (χ3v) is 16.2. The molecule has 0 saturated carbocycles. The lowest BCUT2D eigenvalue weighted by Crippen LogP contribution is -2.30. The monoisotopic (exact) mass is 1240 g/mol. The average Bonchev–Trinajstić information content (AvgIpc) is 3.50. The number of aliphatic hydroxyl groups excluding tert-OH is 1. The Morgan fingerprint density at radius 1 is 0.369 bits per heavy atom. The minimum absolute atomic E-state index is 0.0958. The fourth-order valence-electron chi connectivity index (χ4n) is 9.12. The summed E-state index contributed by atoms with van der Waals surface area (Å²) in [6.07, 6.45) is 40.2. The largest absolute Gasteiger partial charge is 0.472 e. The van der Waals surface area contributed by atoms with Gasteiger partial charge in [-0.05, 0) is 69.1 Å². The number of aliphatic hydroxyl groups is 1. The summed E-state index contributed by atoms with van der Waals surface area (Å²) in [5.74, 6) is -0.107. The molecule has 0 aliphatic carbocycles. The van der Waals surface area contributed by atoms with Crippen LogP contribution in [0, 0.1) is 17.8 Å². The normalized spacial score (nSPS) is 14.5. The lowest BCUT2D eigenvalue weighted by molar-refractivity contribution is -0.161. The smallest absolute Gasteiger partial charge is 0.462 e. The summed E-state index contributed by atoms with van der Waals surface area (Å²) < 4.78 is 67.9. The average molecular weight is 1240 g/mol. The van der Waals surface area contributed by atoms with Crippen LogP contribution in [0.4, 0.5) is 0 Å². The first-order valence-electron chi connectivity index (χ1n) is 33.2. The van der Waals surface area contributed by atoms with Crippen molar-refractivity contribution >= 4 is 39.5 Å². The van der Waals surface area contributed by atoms with Gasteiger partial charge in [0, 0.05) is 25.7 Å². The van der Waals surface area contributed by atoms with E-state index in [4.69, 9.17) is 37.0 Å². The van der Waals surface area contributed by atoms with E-state index in [2.05, 4.69) is 72.8 Å². The van der Waals surface area contributed by atoms with Gasteiger partial charge in [0.15, 0.2) is 12.2 Å². The summed E-state index contributed by atoms with van der Waals surface area (Å²) in [6, 6.07) is 0. The first kappa shape index (κ1) is 81.5. The Kier molecular flexibility index (Phi) is 54.2. The number of hydrogen-bond donors (Lipinski definition) is 3. The summed E-state index contributed by atoms with van der Waals surface area (Å²) in [4.78, 5) is 72.2. The van der Waals surface area contributed by atoms with Gasteiger partial charge in [-0.1, -0.05) is 240 Å². The van der Waals surface area contributed by atoms with Crippen molar-refractivity contribution < 1.29 is 80.2 Å². The Morgan fingerprint density at radius 3 is 0.964 bits per heavy atom. The van der Waals surface area contributed by atoms with Gasteiger partial charge >= 0.3 is 39.5 Å². The lowest BCUT2D eigenvalue weighted by Gasteiger charge is -2.21. The Bertz CT molecular complexity index is 1760. The molecule has 0 heterocycles. The molecule has 0 bridgehead atoms. The van der Waals surface area contributed by atoms with Crippen LogP contribution in [0.5, 0.6) is 0 Å². The maximum atomic E-state index is 13.0. The van der Waals surface area contributed by atoms with Crippen molar-refractivity contribution in [1.29, 1.82) is 0 Å². The van der Waals surface area contributed by atoms with Gasteiger partial charge in [0.05, 0.1) is 26.4 Å². The van der Waals surface area contributed by atoms with Crippen LogP contribution in [0.15, 0.2) is 24.3 Å². The molecule has 0 aromatic rings. The number of carbonyl (C=O) groups is 4. The summed E-state index contributed by atoms with van der Waals surface area (Å²) >= 11 is 0. The molecule has 0 aromatic carbocycles. The molecule has 5 atom stereocenters. The fourth-order valence-corrected chi connectivity index (χ4v) is 10.7. The van der Waals surface area contributed by atoms with E-state index >= 15 is 0 Å². The standard InChI is InChI=1S/C65H122O17P2/c1-8-9-10-11-12-13-14-15-16-17-18-19-24-32-39-46-62(67)75-52-60(81-64(69)48-41-34-25-20-22-29-36-43-56(2)3)54-79-83(71,72)77-50-59(66)51-78-84(73,74)80-55-61(53-76-63(68)47-40-33-28-27-31-38-45-58(6)7)82-65(70)49-42-35-26-21-23-30-37-44-57(4)5/h13-16,56-61,66H,8-12,17-55H2,1-7H3,(H,71,72)(H,73,74)/b14-13-,16-15-/t59-,60-,61-/m1/s1. The number of phosphoric acid groups is 2. The Balaban J connectivity index is 5.25. The van der Waals surface area contributed by atoms with Gasteiger partial charge in [-0.15, -0.1) is 0 Å². The van der Waals surface area contributed by atoms with Gasteiger partial charge in [0.25, 0.3) is 0 Å². The predicted octanol–water partition coefficient (Wildman–Crippen LogP) is 17.4. The van der Waals surface area contributed by atoms with Crippen LogP contribution in [0.25, 0.3) is 0 Å². The summed E-state index contributed by atoms with van der Waals surface area (Å²) in [7, 11) is -9.90. The zero-order chi connectivity index (χ0) is 62.4. The molecular formula is C65H122O17P2. The number of ether oxygens (including phenoxy) is 4. The van der Waals surface area contributed by atoms with E-state index in [1.54, 1.807) is 0 Å². The number of phosphoric ester groups is 2. The SMILES string of the molecule is CCCCCC/C=C\C=C/CCCCCCCC(=O)OC[C@H](COP(=O)(O)OC[C@@H](O)COP(=O)(O)OC[C@@H](COC(=O)CCCCCCCCC(C)C)OC(=O)CCCCCCCCCC(C)C)OC(=O)CCCCCCCCCC(C)C. The molecule has 0 radical (unpaired) electrons. The Labute approximate surface area is 510 Å². The highest BCUT2D eigenvalue weighted by atomic mass is 31.2. The molecule has 0 amide bonds. The molecule has 0 saturated heterocycles. The third kappa shape index (κ3) is 58.6. The van der Waals surface area contributed by atoms with Gasteiger partial charge in [-0.2, -0.15) is 0 Å². The number of rotatable bonds is 61. The van der Waals surface area contributed by atoms with Gasteiger partial charge in [-0.25, -0.2) is 9.13 Å². The molecule has 0 fully saturated rings. The highest BCUT2D eigenvalue weighted by molar-refractivity contribution is 7.47. The predicted molar refractivity (Wildman–Crippen MR) is 335 cm³/mol. The van der Waals surface area contributed by atoms with Gasteiger partial charge in [0.2, 0.25) is 0 Å². The van der Waals surface area contributed by atoms with Crippen molar-refractivity contribution in [2.24, 2.45) is 17.8 Å². The summed E-state index contributed by atoms with van der Waals surface area (Å²) in [5, 5.41) is 10.5. The Hall–Kier alpha value is -2.46. The van der Waals surface area contributed by atoms with Crippen molar-refractivity contribution in [3.63, 3.8) is 0 Å². The van der Waals surface area contributed by atoms with Crippen LogP contribution in [-0.2, 0) is 65.4 Å². The van der Waals surface area contributed by atoms with E-state index < -0.39 is 97.5 Å². The van der Waals surface area contributed by atoms with Gasteiger partial charge in [-0.3, -0.25) is 37.3 Å². The van der Waals surface area contributed by atoms with Gasteiger partial charge < -0.3 is 33.8 Å². The second kappa shape index (κ2) is 55.8. The van der Waals surface area contributed by atoms with Crippen LogP contribution >= 0.6 is 15.6 Å². The molecule has 2 unspecified atom stereocenters. The first-order chi connectivity index (χ1) is 40.2. The van der Waals surface area contributed by atoms with Crippen molar-refractivity contribution in [3.8, 4) is 0 Å². The van der Waals surface area contributed by atoms with E-state index in [9.17, 15) is 43.2 Å². The number of unbranched alkanes of at least 4 members (excludes halogenated alkanes) is 26. The highest BCUT2D eigenvalue weighted by Crippen LogP contribution is 2.45. The van der Waals surface area contributed by atoms with Crippen molar-refractivity contribution in [3.05, 3.63) is 24.3 Å². The summed E-state index contributed by atoms with van der Waals surface area (Å²) in [6.45, 7) is 11.5. The van der Waals surface area contributed by atoms with E-state index in [1.165, 1.54) is 77.0 Å². The lowest BCUT2D eigenvalue weighted by atomic mass is 10.0. The molecular weight excluding hydrogens is 1110 g/mol. The second-order valence-corrected chi connectivity index (χ2v) is 27.2. The maximum absolute atomic E-state index is 13.0. The molecule has 0 aliphatic rings. The Morgan fingerprint density at radius 2 is 0.643 bits per heavy atom. The minimum atomic E-state index is -4.95. The third-order valence-electron chi connectivity index (χ3n) is 14.3. The topological polar surface area (TPSA) is 237 Å². The second-order valence-electron chi connectivity index (χ2n) is 24.2. The maximum Gasteiger partial charge on any atom is 0.472 e. The number of hydrogen-bond acceptors (Lipinski definition) is 15. The van der Waals surface area contributed by atoms with Gasteiger partial charge in [0.1, 0.15) is 19.3 Å². The van der Waals surface area contributed by atoms with E-state index in [0.29, 0.717) is 43.4 Å². The van der Waals surface area contributed by atoms with Crippen LogP contribution in [0.2, 0.25) is 0 Å². The number of carbonyl (C=O) groups excluding carboxylic acids is 4. The molecule has 0 aliphatic heterocycles. The van der Waals surface area contributed by atoms with Crippen molar-refractivity contribution in [2.45, 2.75) is 311 Å². The van der Waals surface area contributed by atoms with Crippen LogP contribution in [0.1, 0.15) is 292 Å². The zero-order valence-corrected chi connectivity index (χ0v) is 55.6. The number of allylic oxidation sites excluding steroid dienone is 4. The molecule has 0 rings (SSSR count).